The van der Waals surface area contributed by atoms with Crippen LogP contribution < -0.4 is 9.64 Å². The summed E-state index contributed by atoms with van der Waals surface area (Å²) in [4.78, 5) is 4.85. The van der Waals surface area contributed by atoms with E-state index in [1.165, 1.54) is 12.1 Å². The van der Waals surface area contributed by atoms with Crippen LogP contribution in [0, 0.1) is 11.7 Å². The van der Waals surface area contributed by atoms with Gasteiger partial charge >= 0.3 is 0 Å². The molecule has 2 saturated heterocycles. The van der Waals surface area contributed by atoms with Gasteiger partial charge in [0.15, 0.2) is 11.0 Å². The number of benzene rings is 1. The molecule has 3 heterocycles. The van der Waals surface area contributed by atoms with Gasteiger partial charge in [0.05, 0.1) is 6.61 Å². The Kier molecular flexibility index (Phi) is 5.22. The zero-order chi connectivity index (χ0) is 17.9. The van der Waals surface area contributed by atoms with Crippen LogP contribution in [0.5, 0.6) is 5.75 Å². The van der Waals surface area contributed by atoms with Crippen molar-refractivity contribution in [3.8, 4) is 5.75 Å². The van der Waals surface area contributed by atoms with Gasteiger partial charge in [0.1, 0.15) is 11.6 Å². The lowest BCUT2D eigenvalue weighted by Crippen LogP contribution is -2.57. The molecule has 1 unspecified atom stereocenters. The molecule has 0 radical (unpaired) electrons. The van der Waals surface area contributed by atoms with E-state index in [-0.39, 0.29) is 5.82 Å². The zero-order valence-corrected chi connectivity index (χ0v) is 15.3. The molecule has 0 spiro atoms. The smallest absolute Gasteiger partial charge is 0.151 e. The second-order valence-corrected chi connectivity index (χ2v) is 7.40. The van der Waals surface area contributed by atoms with E-state index in [2.05, 4.69) is 20.0 Å². The average molecular weight is 377 g/mol. The van der Waals surface area contributed by atoms with Crippen LogP contribution in [0.4, 0.5) is 10.2 Å². The third kappa shape index (κ3) is 4.07. The fourth-order valence-corrected chi connectivity index (χ4v) is 3.93. The van der Waals surface area contributed by atoms with Gasteiger partial charge in [-0.05, 0) is 49.2 Å². The predicted molar refractivity (Wildman–Crippen MR) is 99.2 cm³/mol. The molecule has 2 aliphatic heterocycles. The van der Waals surface area contributed by atoms with Gasteiger partial charge < -0.3 is 9.64 Å². The van der Waals surface area contributed by atoms with Crippen LogP contribution >= 0.6 is 11.6 Å². The van der Waals surface area contributed by atoms with E-state index in [0.717, 1.165) is 50.6 Å². The van der Waals surface area contributed by atoms with Crippen molar-refractivity contribution >= 4 is 17.4 Å². The van der Waals surface area contributed by atoms with Crippen molar-refractivity contribution in [2.24, 2.45) is 5.92 Å². The number of nitrogens with zero attached hydrogens (tertiary/aromatic N) is 4. The molecule has 2 aromatic rings. The normalized spacial score (nSPS) is 23.5. The minimum atomic E-state index is -0.235. The van der Waals surface area contributed by atoms with Gasteiger partial charge in [-0.3, -0.25) is 4.90 Å². The summed E-state index contributed by atoms with van der Waals surface area (Å²) in [6, 6.07) is 10.5. The van der Waals surface area contributed by atoms with Crippen LogP contribution in [0.1, 0.15) is 12.8 Å². The molecule has 26 heavy (non-hydrogen) atoms. The Morgan fingerprint density at radius 3 is 2.65 bits per heavy atom. The third-order valence-corrected chi connectivity index (χ3v) is 5.45. The highest BCUT2D eigenvalue weighted by molar-refractivity contribution is 6.29. The van der Waals surface area contributed by atoms with Crippen molar-refractivity contribution in [2.45, 2.75) is 18.9 Å². The number of hydrogen-bond acceptors (Lipinski definition) is 5. The van der Waals surface area contributed by atoms with E-state index < -0.39 is 0 Å². The summed E-state index contributed by atoms with van der Waals surface area (Å²) in [5.41, 5.74) is 0. The molecule has 138 valence electrons. The Balaban J connectivity index is 1.29. The van der Waals surface area contributed by atoms with E-state index in [4.69, 9.17) is 16.3 Å². The minimum Gasteiger partial charge on any atom is -0.493 e. The summed E-state index contributed by atoms with van der Waals surface area (Å²) >= 11 is 5.83. The molecule has 0 bridgehead atoms. The van der Waals surface area contributed by atoms with Crippen LogP contribution in [0.25, 0.3) is 0 Å². The molecule has 0 aliphatic carbocycles. The first-order valence-corrected chi connectivity index (χ1v) is 9.42. The molecule has 1 aromatic heterocycles. The average Bonchev–Trinajstić information content (AvgIpc) is 2.67. The SMILES string of the molecule is Fc1ccc(OCC2CC[C@H]3CN(c4ccc(Cl)nn4)CCN3C2)cc1. The van der Waals surface area contributed by atoms with Crippen molar-refractivity contribution in [1.29, 1.82) is 0 Å². The van der Waals surface area contributed by atoms with Crippen LogP contribution in [0.15, 0.2) is 36.4 Å². The molecule has 0 N–H and O–H groups in total. The number of halogens is 2. The number of fused-ring (bicyclic) bond motifs is 1. The van der Waals surface area contributed by atoms with Crippen molar-refractivity contribution in [3.05, 3.63) is 47.4 Å². The number of aromatic nitrogens is 2. The fourth-order valence-electron chi connectivity index (χ4n) is 3.82. The summed E-state index contributed by atoms with van der Waals surface area (Å²) in [5, 5.41) is 8.58. The van der Waals surface area contributed by atoms with E-state index in [0.29, 0.717) is 23.7 Å². The van der Waals surface area contributed by atoms with Crippen molar-refractivity contribution in [3.63, 3.8) is 0 Å². The summed E-state index contributed by atoms with van der Waals surface area (Å²) in [7, 11) is 0. The zero-order valence-electron chi connectivity index (χ0n) is 14.5. The molecule has 2 fully saturated rings. The van der Waals surface area contributed by atoms with Crippen molar-refractivity contribution in [2.75, 3.05) is 37.7 Å². The lowest BCUT2D eigenvalue weighted by Gasteiger charge is -2.46. The minimum absolute atomic E-state index is 0.235. The van der Waals surface area contributed by atoms with E-state index in [9.17, 15) is 4.39 Å². The Hall–Kier alpha value is -1.92. The largest absolute Gasteiger partial charge is 0.493 e. The summed E-state index contributed by atoms with van der Waals surface area (Å²) < 4.78 is 18.8. The Bertz CT molecular complexity index is 727. The second-order valence-electron chi connectivity index (χ2n) is 7.02. The summed E-state index contributed by atoms with van der Waals surface area (Å²) in [6.07, 6.45) is 2.29. The molecule has 5 nitrogen and oxygen atoms in total. The van der Waals surface area contributed by atoms with Crippen LogP contribution in [0.3, 0.4) is 0 Å². The number of rotatable bonds is 4. The van der Waals surface area contributed by atoms with Gasteiger partial charge in [-0.2, -0.15) is 0 Å². The summed E-state index contributed by atoms with van der Waals surface area (Å²) in [6.45, 7) is 4.66. The van der Waals surface area contributed by atoms with Crippen molar-refractivity contribution in [1.82, 2.24) is 15.1 Å². The van der Waals surface area contributed by atoms with Gasteiger partial charge in [-0.15, -0.1) is 10.2 Å². The lowest BCUT2D eigenvalue weighted by molar-refractivity contribution is 0.0727. The van der Waals surface area contributed by atoms with E-state index in [1.807, 2.05) is 6.07 Å². The molecule has 2 aliphatic rings. The third-order valence-electron chi connectivity index (χ3n) is 5.25. The number of piperazine rings is 1. The molecule has 7 heteroatoms. The topological polar surface area (TPSA) is 41.5 Å². The van der Waals surface area contributed by atoms with Gasteiger partial charge in [0.2, 0.25) is 0 Å². The maximum absolute atomic E-state index is 13.0. The maximum Gasteiger partial charge on any atom is 0.151 e. The molecule has 0 amide bonds. The first kappa shape index (κ1) is 17.5. The Morgan fingerprint density at radius 1 is 1.04 bits per heavy atom. The maximum atomic E-state index is 13.0. The van der Waals surface area contributed by atoms with Gasteiger partial charge in [0, 0.05) is 38.1 Å². The predicted octanol–water partition coefficient (Wildman–Crippen LogP) is 3.25. The highest BCUT2D eigenvalue weighted by atomic mass is 35.5. The number of piperidine rings is 1. The number of anilines is 1. The van der Waals surface area contributed by atoms with E-state index >= 15 is 0 Å². The van der Waals surface area contributed by atoms with Crippen LogP contribution in [-0.2, 0) is 0 Å². The highest BCUT2D eigenvalue weighted by Crippen LogP contribution is 2.27. The lowest BCUT2D eigenvalue weighted by atomic mass is 9.91. The van der Waals surface area contributed by atoms with Crippen LogP contribution in [0.2, 0.25) is 5.15 Å². The van der Waals surface area contributed by atoms with E-state index in [1.54, 1.807) is 18.2 Å². The fraction of sp³-hybridized carbons (Fsp3) is 0.474. The first-order chi connectivity index (χ1) is 12.7. The Morgan fingerprint density at radius 2 is 1.88 bits per heavy atom. The number of hydrogen-bond donors (Lipinski definition) is 0. The molecule has 2 atom stereocenters. The standard InChI is InChI=1S/C19H22ClFN4O/c20-18-7-8-19(23-22-18)25-10-9-24-11-14(1-4-16(24)12-25)13-26-17-5-2-15(21)3-6-17/h2-3,5-8,14,16H,1,4,9-13H2/t14?,16-/m0/s1. The first-order valence-electron chi connectivity index (χ1n) is 9.04. The molecule has 1 aromatic carbocycles. The number of ether oxygens (including phenoxy) is 1. The molecule has 0 saturated carbocycles. The van der Waals surface area contributed by atoms with Gasteiger partial charge in [-0.25, -0.2) is 4.39 Å². The van der Waals surface area contributed by atoms with Gasteiger partial charge in [-0.1, -0.05) is 11.6 Å². The molecular weight excluding hydrogens is 355 g/mol. The van der Waals surface area contributed by atoms with Gasteiger partial charge in [0.25, 0.3) is 0 Å². The van der Waals surface area contributed by atoms with Crippen LogP contribution in [-0.4, -0.2) is 53.9 Å². The Labute approximate surface area is 157 Å². The monoisotopic (exact) mass is 376 g/mol. The quantitative estimate of drug-likeness (QED) is 0.819. The second kappa shape index (κ2) is 7.76. The molecule has 4 rings (SSSR count). The highest BCUT2D eigenvalue weighted by Gasteiger charge is 2.33. The summed E-state index contributed by atoms with van der Waals surface area (Å²) in [5.74, 6) is 1.91. The van der Waals surface area contributed by atoms with Crippen molar-refractivity contribution < 1.29 is 9.13 Å². The molecular formula is C19H22ClFN4O.